The van der Waals surface area contributed by atoms with Crippen molar-refractivity contribution in [3.05, 3.63) is 51.9 Å². The molecule has 0 atom stereocenters. The lowest BCUT2D eigenvalue weighted by molar-refractivity contribution is -0.134. The van der Waals surface area contributed by atoms with Gasteiger partial charge in [0.1, 0.15) is 13.2 Å². The van der Waals surface area contributed by atoms with Crippen molar-refractivity contribution in [3.63, 3.8) is 0 Å². The zero-order chi connectivity index (χ0) is 24.4. The summed E-state index contributed by atoms with van der Waals surface area (Å²) in [6.07, 6.45) is -0.257. The second-order valence-corrected chi connectivity index (χ2v) is 7.53. The summed E-state index contributed by atoms with van der Waals surface area (Å²) in [6.45, 7) is 4.87. The fraction of sp³-hybridized carbons (Fsp3) is 0.250. The molecule has 0 saturated carbocycles. The van der Waals surface area contributed by atoms with E-state index in [9.17, 15) is 19.2 Å². The fourth-order valence-corrected chi connectivity index (χ4v) is 3.58. The number of rotatable bonds is 5. The van der Waals surface area contributed by atoms with Crippen LogP contribution < -0.4 is 29.9 Å². The Hall–Kier alpha value is -4.34. The first-order valence-corrected chi connectivity index (χ1v) is 10.4. The maximum Gasteiger partial charge on any atom is 0.340 e. The van der Waals surface area contributed by atoms with Gasteiger partial charge in [-0.3, -0.25) is 14.4 Å². The third-order valence-corrected chi connectivity index (χ3v) is 5.04. The number of aryl methyl sites for hydroxylation is 1. The molecule has 2 heterocycles. The number of benzene rings is 2. The molecular formula is C24H21NO9. The lowest BCUT2D eigenvalue weighted by Crippen LogP contribution is -2.21. The second-order valence-electron chi connectivity index (χ2n) is 7.53. The van der Waals surface area contributed by atoms with Crippen molar-refractivity contribution in [1.29, 1.82) is 0 Å². The molecular weight excluding hydrogens is 446 g/mol. The van der Waals surface area contributed by atoms with E-state index in [1.807, 2.05) is 0 Å². The van der Waals surface area contributed by atoms with Gasteiger partial charge in [-0.25, -0.2) is 4.79 Å². The van der Waals surface area contributed by atoms with Crippen LogP contribution in [0, 0.1) is 6.92 Å². The van der Waals surface area contributed by atoms with Gasteiger partial charge < -0.3 is 28.7 Å². The van der Waals surface area contributed by atoms with Crippen molar-refractivity contribution in [2.24, 2.45) is 0 Å². The molecule has 10 heteroatoms. The Labute approximate surface area is 193 Å². The predicted molar refractivity (Wildman–Crippen MR) is 120 cm³/mol. The average Bonchev–Trinajstić information content (AvgIpc) is 2.77. The summed E-state index contributed by atoms with van der Waals surface area (Å²) in [5.41, 5.74) is 0.242. The van der Waals surface area contributed by atoms with Gasteiger partial charge in [-0.05, 0) is 36.8 Å². The van der Waals surface area contributed by atoms with Crippen LogP contribution in [0.4, 0.5) is 5.69 Å². The molecule has 2 aromatic carbocycles. The first-order chi connectivity index (χ1) is 16.2. The molecule has 0 fully saturated rings. The minimum Gasteiger partial charge on any atom is -0.486 e. The SMILES string of the molecule is CC(=O)Oc1ccc2c(C)c(CC(=O)Nc3ccc4c(c3)OCCO4)c(=O)oc2c1OC(C)=O. The minimum atomic E-state index is -0.782. The van der Waals surface area contributed by atoms with Gasteiger partial charge in [0.25, 0.3) is 0 Å². The molecule has 4 rings (SSSR count). The molecule has 176 valence electrons. The van der Waals surface area contributed by atoms with Gasteiger partial charge in [-0.15, -0.1) is 0 Å². The number of nitrogens with one attached hydrogen (secondary N) is 1. The van der Waals surface area contributed by atoms with Gasteiger partial charge in [0, 0.05) is 31.0 Å². The zero-order valence-electron chi connectivity index (χ0n) is 18.7. The Kier molecular flexibility index (Phi) is 6.22. The molecule has 1 aromatic heterocycles. The minimum absolute atomic E-state index is 0.0626. The van der Waals surface area contributed by atoms with E-state index in [0.717, 1.165) is 6.92 Å². The van der Waals surface area contributed by atoms with Crippen LogP contribution >= 0.6 is 0 Å². The van der Waals surface area contributed by atoms with Gasteiger partial charge in [-0.2, -0.15) is 0 Å². The van der Waals surface area contributed by atoms with E-state index in [1.54, 1.807) is 31.2 Å². The number of hydrogen-bond acceptors (Lipinski definition) is 9. The van der Waals surface area contributed by atoms with Crippen LogP contribution in [0.1, 0.15) is 25.0 Å². The first kappa shape index (κ1) is 22.8. The van der Waals surface area contributed by atoms with Crippen molar-refractivity contribution in [3.8, 4) is 23.0 Å². The Morgan fingerprint density at radius 1 is 0.971 bits per heavy atom. The quantitative estimate of drug-likeness (QED) is 0.342. The molecule has 1 N–H and O–H groups in total. The van der Waals surface area contributed by atoms with Crippen LogP contribution in [0.2, 0.25) is 0 Å². The molecule has 0 radical (unpaired) electrons. The molecule has 0 saturated heterocycles. The molecule has 0 unspecified atom stereocenters. The molecule has 1 amide bonds. The topological polar surface area (TPSA) is 130 Å². The first-order valence-electron chi connectivity index (χ1n) is 10.4. The number of ether oxygens (including phenoxy) is 4. The maximum absolute atomic E-state index is 12.8. The summed E-state index contributed by atoms with van der Waals surface area (Å²) in [4.78, 5) is 48.5. The van der Waals surface area contributed by atoms with E-state index in [4.69, 9.17) is 23.4 Å². The van der Waals surface area contributed by atoms with E-state index >= 15 is 0 Å². The van der Waals surface area contributed by atoms with Gasteiger partial charge in [0.05, 0.1) is 12.0 Å². The van der Waals surface area contributed by atoms with Crippen molar-refractivity contribution >= 4 is 34.5 Å². The third kappa shape index (κ3) is 4.70. The Bertz CT molecular complexity index is 1370. The van der Waals surface area contributed by atoms with E-state index in [2.05, 4.69) is 5.32 Å². The molecule has 3 aromatic rings. The van der Waals surface area contributed by atoms with E-state index < -0.39 is 23.5 Å². The highest BCUT2D eigenvalue weighted by Gasteiger charge is 2.22. The number of esters is 2. The predicted octanol–water partition coefficient (Wildman–Crippen LogP) is 2.90. The van der Waals surface area contributed by atoms with Crippen LogP contribution in [-0.4, -0.2) is 31.1 Å². The Morgan fingerprint density at radius 3 is 2.38 bits per heavy atom. The summed E-state index contributed by atoms with van der Waals surface area (Å²) in [7, 11) is 0. The molecule has 10 nitrogen and oxygen atoms in total. The molecule has 1 aliphatic rings. The average molecular weight is 467 g/mol. The van der Waals surface area contributed by atoms with Gasteiger partial charge in [0.15, 0.2) is 22.8 Å². The number of fused-ring (bicyclic) bond motifs is 2. The number of hydrogen-bond donors (Lipinski definition) is 1. The molecule has 0 spiro atoms. The smallest absolute Gasteiger partial charge is 0.340 e. The van der Waals surface area contributed by atoms with Gasteiger partial charge >= 0.3 is 17.6 Å². The molecule has 0 bridgehead atoms. The van der Waals surface area contributed by atoms with Crippen molar-refractivity contribution in [2.75, 3.05) is 18.5 Å². The molecule has 1 aliphatic heterocycles. The largest absolute Gasteiger partial charge is 0.486 e. The summed E-state index contributed by atoms with van der Waals surface area (Å²) in [5.74, 6) is -0.917. The number of anilines is 1. The van der Waals surface area contributed by atoms with Gasteiger partial charge in [-0.1, -0.05) is 0 Å². The fourth-order valence-electron chi connectivity index (χ4n) is 3.58. The Morgan fingerprint density at radius 2 is 1.68 bits per heavy atom. The van der Waals surface area contributed by atoms with Crippen LogP contribution in [0.5, 0.6) is 23.0 Å². The van der Waals surface area contributed by atoms with Crippen LogP contribution in [0.3, 0.4) is 0 Å². The zero-order valence-corrected chi connectivity index (χ0v) is 18.7. The summed E-state index contributed by atoms with van der Waals surface area (Å²) in [5, 5.41) is 3.15. The summed E-state index contributed by atoms with van der Waals surface area (Å²) in [6, 6.07) is 7.99. The summed E-state index contributed by atoms with van der Waals surface area (Å²) < 4.78 is 26.6. The Balaban J connectivity index is 1.65. The van der Waals surface area contributed by atoms with Crippen molar-refractivity contribution in [2.45, 2.75) is 27.2 Å². The highest BCUT2D eigenvalue weighted by atomic mass is 16.6. The highest BCUT2D eigenvalue weighted by molar-refractivity contribution is 5.95. The number of amides is 1. The second kappa shape index (κ2) is 9.26. The number of carbonyl (C=O) groups is 3. The van der Waals surface area contributed by atoms with Crippen LogP contribution in [0.25, 0.3) is 11.0 Å². The van der Waals surface area contributed by atoms with Crippen molar-refractivity contribution < 1.29 is 37.7 Å². The van der Waals surface area contributed by atoms with Crippen LogP contribution in [0.15, 0.2) is 39.5 Å². The highest BCUT2D eigenvalue weighted by Crippen LogP contribution is 2.37. The monoisotopic (exact) mass is 467 g/mol. The molecule has 34 heavy (non-hydrogen) atoms. The van der Waals surface area contributed by atoms with E-state index in [-0.39, 0.29) is 29.1 Å². The number of carbonyl (C=O) groups excluding carboxylic acids is 3. The lowest BCUT2D eigenvalue weighted by atomic mass is 10.0. The van der Waals surface area contributed by atoms with E-state index in [1.165, 1.54) is 13.0 Å². The van der Waals surface area contributed by atoms with Crippen molar-refractivity contribution in [1.82, 2.24) is 0 Å². The maximum atomic E-state index is 12.8. The van der Waals surface area contributed by atoms with Gasteiger partial charge in [0.2, 0.25) is 11.7 Å². The summed E-state index contributed by atoms with van der Waals surface area (Å²) >= 11 is 0. The lowest BCUT2D eigenvalue weighted by Gasteiger charge is -2.19. The van der Waals surface area contributed by atoms with Crippen LogP contribution in [-0.2, 0) is 20.8 Å². The normalized spacial score (nSPS) is 12.2. The standard InChI is InChI=1S/C24H21NO9/c1-12-16-5-7-19(32-13(2)26)23(33-14(3)27)22(16)34-24(29)17(12)11-21(28)25-15-4-6-18-20(10-15)31-9-8-30-18/h4-7,10H,8-9,11H2,1-3H3,(H,25,28). The molecule has 0 aliphatic carbocycles. The van der Waals surface area contributed by atoms with E-state index in [0.29, 0.717) is 41.3 Å². The third-order valence-electron chi connectivity index (χ3n) is 5.04.